The number of benzene rings is 1. The lowest BCUT2D eigenvalue weighted by Crippen LogP contribution is -2.48. The molecule has 1 heterocycles. The molecule has 2 amide bonds. The third-order valence-corrected chi connectivity index (χ3v) is 5.35. The van der Waals surface area contributed by atoms with E-state index >= 15 is 0 Å². The quantitative estimate of drug-likeness (QED) is 0.895. The number of hydrogen-bond acceptors (Lipinski definition) is 3. The summed E-state index contributed by atoms with van der Waals surface area (Å²) in [4.78, 5) is 25.3. The number of hydrogen-bond donors (Lipinski definition) is 2. The molecule has 1 aromatic carbocycles. The number of carbonyl (C=O) groups excluding carboxylic acids is 1. The number of aliphatic carboxylic acids is 1. The van der Waals surface area contributed by atoms with Gasteiger partial charge in [0.1, 0.15) is 6.04 Å². The van der Waals surface area contributed by atoms with Crippen molar-refractivity contribution >= 4 is 41.1 Å². The second-order valence-electron chi connectivity index (χ2n) is 5.26. The molecule has 0 spiro atoms. The Kier molecular flexibility index (Phi) is 3.99. The Labute approximate surface area is 131 Å². The zero-order valence-electron chi connectivity index (χ0n) is 11.2. The molecule has 5 nitrogen and oxygen atoms in total. The summed E-state index contributed by atoms with van der Waals surface area (Å²) >= 11 is 7.45. The third-order valence-electron chi connectivity index (χ3n) is 3.66. The maximum Gasteiger partial charge on any atom is 0.327 e. The van der Waals surface area contributed by atoms with Crippen LogP contribution >= 0.6 is 23.4 Å². The summed E-state index contributed by atoms with van der Waals surface area (Å²) in [5.41, 5.74) is 0.572. The Bertz CT molecular complexity index is 579. The predicted molar refractivity (Wildman–Crippen MR) is 82.7 cm³/mol. The van der Waals surface area contributed by atoms with Crippen LogP contribution in [0.3, 0.4) is 0 Å². The van der Waals surface area contributed by atoms with Gasteiger partial charge in [-0.05, 0) is 37.0 Å². The van der Waals surface area contributed by atoms with Gasteiger partial charge in [0.05, 0.1) is 5.37 Å². The summed E-state index contributed by atoms with van der Waals surface area (Å²) in [5.74, 6) is -0.0872. The van der Waals surface area contributed by atoms with Crippen LogP contribution in [0.1, 0.15) is 12.8 Å². The average molecular weight is 327 g/mol. The molecule has 2 unspecified atom stereocenters. The van der Waals surface area contributed by atoms with Crippen LogP contribution in [0, 0.1) is 5.92 Å². The van der Waals surface area contributed by atoms with E-state index < -0.39 is 12.0 Å². The minimum Gasteiger partial charge on any atom is -0.480 e. The van der Waals surface area contributed by atoms with E-state index in [1.54, 1.807) is 36.0 Å². The van der Waals surface area contributed by atoms with Crippen LogP contribution in [-0.2, 0) is 4.79 Å². The highest BCUT2D eigenvalue weighted by Gasteiger charge is 2.48. The van der Waals surface area contributed by atoms with Crippen molar-refractivity contribution < 1.29 is 14.7 Å². The Morgan fingerprint density at radius 1 is 1.38 bits per heavy atom. The van der Waals surface area contributed by atoms with Gasteiger partial charge in [-0.15, -0.1) is 11.8 Å². The summed E-state index contributed by atoms with van der Waals surface area (Å²) in [5, 5.41) is 12.5. The average Bonchev–Trinajstić information content (AvgIpc) is 3.16. The van der Waals surface area contributed by atoms with Crippen LogP contribution in [0.25, 0.3) is 0 Å². The molecule has 1 aliphatic carbocycles. The Balaban J connectivity index is 1.77. The smallest absolute Gasteiger partial charge is 0.327 e. The predicted octanol–water partition coefficient (Wildman–Crippen LogP) is 3.11. The lowest BCUT2D eigenvalue weighted by Gasteiger charge is -2.27. The summed E-state index contributed by atoms with van der Waals surface area (Å²) < 4.78 is 0. The van der Waals surface area contributed by atoms with Crippen molar-refractivity contribution in [2.45, 2.75) is 24.3 Å². The number of carbonyl (C=O) groups is 2. The van der Waals surface area contributed by atoms with Crippen molar-refractivity contribution in [2.24, 2.45) is 5.92 Å². The molecular weight excluding hydrogens is 312 g/mol. The van der Waals surface area contributed by atoms with Gasteiger partial charge in [-0.2, -0.15) is 0 Å². The first-order chi connectivity index (χ1) is 10.1. The Morgan fingerprint density at radius 3 is 2.76 bits per heavy atom. The van der Waals surface area contributed by atoms with E-state index in [2.05, 4.69) is 5.32 Å². The summed E-state index contributed by atoms with van der Waals surface area (Å²) in [7, 11) is 0. The first-order valence-corrected chi connectivity index (χ1v) is 8.18. The minimum atomic E-state index is -0.952. The maximum atomic E-state index is 12.5. The Morgan fingerprint density at radius 2 is 2.14 bits per heavy atom. The zero-order chi connectivity index (χ0) is 15.0. The largest absolute Gasteiger partial charge is 0.480 e. The topological polar surface area (TPSA) is 69.6 Å². The van der Waals surface area contributed by atoms with Crippen molar-refractivity contribution in [2.75, 3.05) is 11.1 Å². The van der Waals surface area contributed by atoms with E-state index in [4.69, 9.17) is 11.6 Å². The van der Waals surface area contributed by atoms with Gasteiger partial charge in [-0.1, -0.05) is 17.7 Å². The van der Waals surface area contributed by atoms with Gasteiger partial charge >= 0.3 is 12.0 Å². The number of thioether (sulfide) groups is 1. The van der Waals surface area contributed by atoms with Gasteiger partial charge in [0, 0.05) is 16.5 Å². The van der Waals surface area contributed by atoms with Crippen LogP contribution in [0.4, 0.5) is 10.5 Å². The number of carboxylic acid groups (broad SMARTS) is 1. The van der Waals surface area contributed by atoms with Gasteiger partial charge in [0.2, 0.25) is 0 Å². The van der Waals surface area contributed by atoms with Crippen molar-refractivity contribution in [3.05, 3.63) is 29.3 Å². The molecule has 0 radical (unpaired) electrons. The van der Waals surface area contributed by atoms with Crippen molar-refractivity contribution in [1.82, 2.24) is 4.90 Å². The standard InChI is InChI=1S/C14H15ClN2O3S/c15-9-2-1-3-10(6-9)16-14(20)17-11(13(18)19)7-21-12(17)8-4-5-8/h1-3,6,8,11-12H,4-5,7H2,(H,16,20)(H,18,19). The van der Waals surface area contributed by atoms with Crippen molar-refractivity contribution in [3.63, 3.8) is 0 Å². The SMILES string of the molecule is O=C(O)C1CSC(C2CC2)N1C(=O)Nc1cccc(Cl)c1. The van der Waals surface area contributed by atoms with Crippen LogP contribution in [-0.4, -0.2) is 39.2 Å². The molecule has 7 heteroatoms. The molecule has 2 atom stereocenters. The molecule has 112 valence electrons. The van der Waals surface area contributed by atoms with Gasteiger partial charge in [0.15, 0.2) is 0 Å². The number of halogens is 1. The first kappa shape index (κ1) is 14.5. The van der Waals surface area contributed by atoms with Crippen LogP contribution in [0.5, 0.6) is 0 Å². The molecule has 0 bridgehead atoms. The molecule has 1 saturated carbocycles. The van der Waals surface area contributed by atoms with E-state index in [0.717, 1.165) is 12.8 Å². The number of nitrogens with zero attached hydrogens (tertiary/aromatic N) is 1. The van der Waals surface area contributed by atoms with Gasteiger partial charge in [0.25, 0.3) is 0 Å². The highest BCUT2D eigenvalue weighted by molar-refractivity contribution is 8.00. The number of rotatable bonds is 3. The number of nitrogens with one attached hydrogen (secondary N) is 1. The van der Waals surface area contributed by atoms with E-state index in [0.29, 0.717) is 22.4 Å². The van der Waals surface area contributed by atoms with Crippen LogP contribution in [0.15, 0.2) is 24.3 Å². The molecule has 2 aliphatic rings. The fourth-order valence-corrected chi connectivity index (χ4v) is 4.29. The molecule has 1 saturated heterocycles. The second kappa shape index (κ2) is 5.77. The van der Waals surface area contributed by atoms with E-state index in [1.165, 1.54) is 4.90 Å². The molecule has 2 N–H and O–H groups in total. The molecular formula is C14H15ClN2O3S. The van der Waals surface area contributed by atoms with Gasteiger partial charge < -0.3 is 10.4 Å². The highest BCUT2D eigenvalue weighted by atomic mass is 35.5. The highest BCUT2D eigenvalue weighted by Crippen LogP contribution is 2.45. The fourth-order valence-electron chi connectivity index (χ4n) is 2.47. The van der Waals surface area contributed by atoms with Crippen LogP contribution in [0.2, 0.25) is 5.02 Å². The molecule has 1 aliphatic heterocycles. The normalized spacial score (nSPS) is 24.9. The minimum absolute atomic E-state index is 0.0368. The monoisotopic (exact) mass is 326 g/mol. The molecule has 21 heavy (non-hydrogen) atoms. The van der Waals surface area contributed by atoms with Crippen LogP contribution < -0.4 is 5.32 Å². The first-order valence-electron chi connectivity index (χ1n) is 6.75. The Hall–Kier alpha value is -1.40. The van der Waals surface area contributed by atoms with E-state index in [-0.39, 0.29) is 11.4 Å². The molecule has 2 fully saturated rings. The lowest BCUT2D eigenvalue weighted by molar-refractivity contribution is -0.141. The summed E-state index contributed by atoms with van der Waals surface area (Å²) in [6.07, 6.45) is 2.12. The van der Waals surface area contributed by atoms with Gasteiger partial charge in [-0.25, -0.2) is 9.59 Å². The molecule has 0 aromatic heterocycles. The summed E-state index contributed by atoms with van der Waals surface area (Å²) in [6.45, 7) is 0. The van der Waals surface area contributed by atoms with E-state index in [9.17, 15) is 14.7 Å². The van der Waals surface area contributed by atoms with Crippen molar-refractivity contribution in [1.29, 1.82) is 0 Å². The van der Waals surface area contributed by atoms with E-state index in [1.807, 2.05) is 0 Å². The molecule has 1 aromatic rings. The third kappa shape index (κ3) is 3.11. The maximum absolute atomic E-state index is 12.5. The number of carboxylic acids is 1. The zero-order valence-corrected chi connectivity index (χ0v) is 12.7. The van der Waals surface area contributed by atoms with Gasteiger partial charge in [-0.3, -0.25) is 4.90 Å². The number of amides is 2. The fraction of sp³-hybridized carbons (Fsp3) is 0.429. The summed E-state index contributed by atoms with van der Waals surface area (Å²) in [6, 6.07) is 5.70. The number of urea groups is 1. The number of anilines is 1. The lowest BCUT2D eigenvalue weighted by atomic mass is 10.2. The van der Waals surface area contributed by atoms with Crippen molar-refractivity contribution in [3.8, 4) is 0 Å². The second-order valence-corrected chi connectivity index (χ2v) is 6.85. The molecule has 3 rings (SSSR count).